The third kappa shape index (κ3) is 4.43. The zero-order valence-corrected chi connectivity index (χ0v) is 12.8. The van der Waals surface area contributed by atoms with E-state index in [9.17, 15) is 8.42 Å². The summed E-state index contributed by atoms with van der Waals surface area (Å²) in [6.07, 6.45) is 8.47. The quantitative estimate of drug-likeness (QED) is 0.813. The molecule has 19 heavy (non-hydrogen) atoms. The molecular formula is C14H28N2O2S. The average Bonchev–Trinajstić information content (AvgIpc) is 2.42. The smallest absolute Gasteiger partial charge is 0.214 e. The molecule has 0 radical (unpaired) electrons. The summed E-state index contributed by atoms with van der Waals surface area (Å²) in [5, 5.41) is 3.04. The molecule has 4 nitrogen and oxygen atoms in total. The van der Waals surface area contributed by atoms with Gasteiger partial charge in [0.2, 0.25) is 10.0 Å². The van der Waals surface area contributed by atoms with Crippen LogP contribution >= 0.6 is 0 Å². The van der Waals surface area contributed by atoms with Gasteiger partial charge in [-0.05, 0) is 57.5 Å². The lowest BCUT2D eigenvalue weighted by Gasteiger charge is -2.31. The summed E-state index contributed by atoms with van der Waals surface area (Å²) >= 11 is 0. The standard InChI is InChI=1S/C14H28N2O2S/c1-2-3-12-4-6-13(7-5-12)16-19(17,18)14-8-10-15-11-9-14/h12-16H,2-11H2,1H3. The van der Waals surface area contributed by atoms with Crippen molar-refractivity contribution in [3.05, 3.63) is 0 Å². The Kier molecular flexibility index (Phi) is 5.66. The molecule has 112 valence electrons. The van der Waals surface area contributed by atoms with E-state index in [2.05, 4.69) is 17.0 Å². The third-order valence-electron chi connectivity index (χ3n) is 4.60. The molecule has 0 aromatic rings. The molecule has 0 atom stereocenters. The number of hydrogen-bond acceptors (Lipinski definition) is 3. The van der Waals surface area contributed by atoms with Crippen LogP contribution in [0.15, 0.2) is 0 Å². The molecule has 0 aromatic carbocycles. The van der Waals surface area contributed by atoms with Crippen molar-refractivity contribution in [1.82, 2.24) is 10.0 Å². The summed E-state index contributed by atoms with van der Waals surface area (Å²) in [6.45, 7) is 3.88. The van der Waals surface area contributed by atoms with Crippen molar-refractivity contribution in [2.45, 2.75) is 69.6 Å². The van der Waals surface area contributed by atoms with Gasteiger partial charge in [0.15, 0.2) is 0 Å². The molecule has 0 spiro atoms. The van der Waals surface area contributed by atoms with Crippen LogP contribution in [0.4, 0.5) is 0 Å². The van der Waals surface area contributed by atoms with Crippen molar-refractivity contribution in [3.8, 4) is 0 Å². The highest BCUT2D eigenvalue weighted by molar-refractivity contribution is 7.90. The van der Waals surface area contributed by atoms with E-state index in [-0.39, 0.29) is 11.3 Å². The Morgan fingerprint density at radius 1 is 1.05 bits per heavy atom. The lowest BCUT2D eigenvalue weighted by Crippen LogP contribution is -2.46. The number of hydrogen-bond donors (Lipinski definition) is 2. The fourth-order valence-electron chi connectivity index (χ4n) is 3.41. The first kappa shape index (κ1) is 15.3. The molecule has 1 aliphatic heterocycles. The molecule has 2 rings (SSSR count). The predicted molar refractivity (Wildman–Crippen MR) is 78.6 cm³/mol. The molecule has 2 N–H and O–H groups in total. The Bertz CT molecular complexity index is 356. The molecule has 5 heteroatoms. The monoisotopic (exact) mass is 288 g/mol. The number of piperidine rings is 1. The molecule has 2 fully saturated rings. The maximum Gasteiger partial charge on any atom is 0.214 e. The van der Waals surface area contributed by atoms with Crippen molar-refractivity contribution in [3.63, 3.8) is 0 Å². The molecule has 1 saturated carbocycles. The minimum atomic E-state index is -3.10. The Balaban J connectivity index is 1.80. The van der Waals surface area contributed by atoms with Crippen LogP contribution in [0.1, 0.15) is 58.3 Å². The van der Waals surface area contributed by atoms with Crippen LogP contribution in [-0.2, 0) is 10.0 Å². The predicted octanol–water partition coefficient (Wildman–Crippen LogP) is 2.02. The maximum absolute atomic E-state index is 12.3. The summed E-state index contributed by atoms with van der Waals surface area (Å²) in [5.41, 5.74) is 0. The minimum Gasteiger partial charge on any atom is -0.317 e. The van der Waals surface area contributed by atoms with E-state index in [1.54, 1.807) is 0 Å². The van der Waals surface area contributed by atoms with Gasteiger partial charge in [-0.15, -0.1) is 0 Å². The Morgan fingerprint density at radius 2 is 1.68 bits per heavy atom. The zero-order valence-electron chi connectivity index (χ0n) is 12.0. The van der Waals surface area contributed by atoms with Gasteiger partial charge in [-0.3, -0.25) is 0 Å². The summed E-state index contributed by atoms with van der Waals surface area (Å²) in [6, 6.07) is 0.188. The van der Waals surface area contributed by atoms with Crippen LogP contribution in [-0.4, -0.2) is 32.8 Å². The van der Waals surface area contributed by atoms with Crippen LogP contribution in [0.5, 0.6) is 0 Å². The van der Waals surface area contributed by atoms with Crippen molar-refractivity contribution < 1.29 is 8.42 Å². The SMILES string of the molecule is CCCC1CCC(NS(=O)(=O)C2CCNCC2)CC1. The van der Waals surface area contributed by atoms with E-state index in [0.29, 0.717) is 0 Å². The molecule has 1 heterocycles. The largest absolute Gasteiger partial charge is 0.317 e. The van der Waals surface area contributed by atoms with Crippen LogP contribution in [0.3, 0.4) is 0 Å². The van der Waals surface area contributed by atoms with E-state index in [4.69, 9.17) is 0 Å². The molecule has 0 amide bonds. The summed E-state index contributed by atoms with van der Waals surface area (Å²) < 4.78 is 27.6. The van der Waals surface area contributed by atoms with Gasteiger partial charge in [-0.25, -0.2) is 13.1 Å². The van der Waals surface area contributed by atoms with Gasteiger partial charge in [0.25, 0.3) is 0 Å². The van der Waals surface area contributed by atoms with E-state index < -0.39 is 10.0 Å². The first-order chi connectivity index (χ1) is 9.12. The van der Waals surface area contributed by atoms with E-state index in [1.165, 1.54) is 25.7 Å². The normalized spacial score (nSPS) is 30.4. The van der Waals surface area contributed by atoms with Gasteiger partial charge >= 0.3 is 0 Å². The Morgan fingerprint density at radius 3 is 2.26 bits per heavy atom. The number of sulfonamides is 1. The first-order valence-electron chi connectivity index (χ1n) is 7.83. The topological polar surface area (TPSA) is 58.2 Å². The zero-order chi connectivity index (χ0) is 13.7. The van der Waals surface area contributed by atoms with E-state index in [1.807, 2.05) is 0 Å². The number of rotatable bonds is 5. The van der Waals surface area contributed by atoms with Gasteiger partial charge in [-0.2, -0.15) is 0 Å². The highest BCUT2D eigenvalue weighted by Gasteiger charge is 2.30. The summed E-state index contributed by atoms with van der Waals surface area (Å²) in [4.78, 5) is 0. The maximum atomic E-state index is 12.3. The highest BCUT2D eigenvalue weighted by atomic mass is 32.2. The summed E-state index contributed by atoms with van der Waals surface area (Å²) in [5.74, 6) is 0.824. The third-order valence-corrected chi connectivity index (χ3v) is 6.61. The molecule has 0 aromatic heterocycles. The van der Waals surface area contributed by atoms with Gasteiger partial charge in [-0.1, -0.05) is 19.8 Å². The Hall–Kier alpha value is -0.130. The van der Waals surface area contributed by atoms with Gasteiger partial charge in [0.1, 0.15) is 0 Å². The first-order valence-corrected chi connectivity index (χ1v) is 9.38. The van der Waals surface area contributed by atoms with Crippen LogP contribution < -0.4 is 10.0 Å². The fourth-order valence-corrected chi connectivity index (χ4v) is 5.16. The minimum absolute atomic E-state index is 0.179. The molecule has 2 aliphatic rings. The molecule has 1 saturated heterocycles. The molecule has 0 bridgehead atoms. The van der Waals surface area contributed by atoms with Crippen LogP contribution in [0, 0.1) is 5.92 Å². The van der Waals surface area contributed by atoms with E-state index >= 15 is 0 Å². The van der Waals surface area contributed by atoms with Crippen LogP contribution in [0.25, 0.3) is 0 Å². The van der Waals surface area contributed by atoms with Crippen molar-refractivity contribution in [2.24, 2.45) is 5.92 Å². The fraction of sp³-hybridized carbons (Fsp3) is 1.00. The second kappa shape index (κ2) is 7.04. The van der Waals surface area contributed by atoms with Crippen molar-refractivity contribution in [1.29, 1.82) is 0 Å². The van der Waals surface area contributed by atoms with Crippen LogP contribution in [0.2, 0.25) is 0 Å². The van der Waals surface area contributed by atoms with E-state index in [0.717, 1.165) is 44.7 Å². The molecule has 0 unspecified atom stereocenters. The van der Waals surface area contributed by atoms with Gasteiger partial charge < -0.3 is 5.32 Å². The lowest BCUT2D eigenvalue weighted by molar-refractivity contribution is 0.296. The van der Waals surface area contributed by atoms with Gasteiger partial charge in [0.05, 0.1) is 5.25 Å². The van der Waals surface area contributed by atoms with Crippen molar-refractivity contribution in [2.75, 3.05) is 13.1 Å². The number of nitrogens with one attached hydrogen (secondary N) is 2. The average molecular weight is 288 g/mol. The lowest BCUT2D eigenvalue weighted by atomic mass is 9.84. The van der Waals surface area contributed by atoms with Crippen molar-refractivity contribution >= 4 is 10.0 Å². The summed E-state index contributed by atoms with van der Waals surface area (Å²) in [7, 11) is -3.10. The Labute approximate surface area is 117 Å². The highest BCUT2D eigenvalue weighted by Crippen LogP contribution is 2.28. The second-order valence-corrected chi connectivity index (χ2v) is 8.11. The van der Waals surface area contributed by atoms with Gasteiger partial charge in [0, 0.05) is 6.04 Å². The molecular weight excluding hydrogens is 260 g/mol. The molecule has 1 aliphatic carbocycles. The second-order valence-electron chi connectivity index (χ2n) is 6.12.